The second-order valence-electron chi connectivity index (χ2n) is 5.74. The van der Waals surface area contributed by atoms with Crippen LogP contribution in [0.1, 0.15) is 38.5 Å². The van der Waals surface area contributed by atoms with Crippen LogP contribution in [0.2, 0.25) is 0 Å². The van der Waals surface area contributed by atoms with Crippen LogP contribution in [0.3, 0.4) is 0 Å². The molecule has 2 heterocycles. The maximum Gasteiger partial charge on any atom is 0.222 e. The van der Waals surface area contributed by atoms with Gasteiger partial charge in [-0.05, 0) is 32.1 Å². The fourth-order valence-electron chi connectivity index (χ4n) is 2.73. The van der Waals surface area contributed by atoms with E-state index in [9.17, 15) is 9.90 Å². The Balaban J connectivity index is 1.72. The molecule has 110 valence electrons. The lowest BCUT2D eigenvalue weighted by Crippen LogP contribution is -2.44. The van der Waals surface area contributed by atoms with Gasteiger partial charge in [0.05, 0.1) is 19.1 Å². The fourth-order valence-corrected chi connectivity index (χ4v) is 2.73. The van der Waals surface area contributed by atoms with Crippen LogP contribution < -0.4 is 5.32 Å². The minimum Gasteiger partial charge on any atom is -0.396 e. The molecule has 2 fully saturated rings. The van der Waals surface area contributed by atoms with Gasteiger partial charge >= 0.3 is 0 Å². The zero-order valence-corrected chi connectivity index (χ0v) is 11.5. The number of nitrogens with one attached hydrogen (secondary N) is 1. The van der Waals surface area contributed by atoms with Gasteiger partial charge in [-0.15, -0.1) is 0 Å². The van der Waals surface area contributed by atoms with Gasteiger partial charge in [-0.25, -0.2) is 0 Å². The lowest BCUT2D eigenvalue weighted by Gasteiger charge is -2.35. The van der Waals surface area contributed by atoms with E-state index in [4.69, 9.17) is 9.47 Å². The Kier molecular flexibility index (Phi) is 5.60. The van der Waals surface area contributed by atoms with Crippen LogP contribution in [-0.2, 0) is 14.3 Å². The molecule has 2 N–H and O–H groups in total. The van der Waals surface area contributed by atoms with Gasteiger partial charge in [0.25, 0.3) is 0 Å². The van der Waals surface area contributed by atoms with Gasteiger partial charge < -0.3 is 19.9 Å². The Morgan fingerprint density at radius 3 is 2.68 bits per heavy atom. The Morgan fingerprint density at radius 1 is 1.26 bits per heavy atom. The molecule has 1 unspecified atom stereocenters. The number of rotatable bonds is 5. The van der Waals surface area contributed by atoms with Crippen molar-refractivity contribution >= 4 is 5.91 Å². The molecule has 1 amide bonds. The number of amides is 1. The highest BCUT2D eigenvalue weighted by atomic mass is 16.5. The van der Waals surface area contributed by atoms with Crippen LogP contribution in [-0.4, -0.2) is 50.1 Å². The van der Waals surface area contributed by atoms with Crippen LogP contribution in [0, 0.1) is 5.41 Å². The molecule has 0 aromatic heterocycles. The molecule has 5 heteroatoms. The number of carbonyl (C=O) groups excluding carboxylic acids is 1. The summed E-state index contributed by atoms with van der Waals surface area (Å²) in [5.74, 6) is 0.0335. The number of aliphatic hydroxyl groups is 1. The van der Waals surface area contributed by atoms with Crippen molar-refractivity contribution in [1.82, 2.24) is 5.32 Å². The smallest absolute Gasteiger partial charge is 0.222 e. The maximum atomic E-state index is 11.9. The van der Waals surface area contributed by atoms with E-state index in [1.165, 1.54) is 0 Å². The average Bonchev–Trinajstić information content (AvgIpc) is 2.47. The molecule has 0 radical (unpaired) electrons. The van der Waals surface area contributed by atoms with Gasteiger partial charge in [0.15, 0.2) is 0 Å². The first-order valence-electron chi connectivity index (χ1n) is 7.31. The Bertz CT molecular complexity index is 283. The largest absolute Gasteiger partial charge is 0.396 e. The van der Waals surface area contributed by atoms with Crippen molar-refractivity contribution < 1.29 is 19.4 Å². The van der Waals surface area contributed by atoms with Gasteiger partial charge in [-0.3, -0.25) is 4.79 Å². The molecule has 0 aromatic rings. The third-order valence-corrected chi connectivity index (χ3v) is 4.24. The van der Waals surface area contributed by atoms with Crippen LogP contribution in [0.15, 0.2) is 0 Å². The highest BCUT2D eigenvalue weighted by Gasteiger charge is 2.32. The summed E-state index contributed by atoms with van der Waals surface area (Å²) in [5.41, 5.74) is -0.193. The monoisotopic (exact) mass is 271 g/mol. The predicted molar refractivity (Wildman–Crippen MR) is 70.8 cm³/mol. The summed E-state index contributed by atoms with van der Waals surface area (Å²) >= 11 is 0. The predicted octanol–water partition coefficient (Wildman–Crippen LogP) is 0.851. The van der Waals surface area contributed by atoms with Crippen molar-refractivity contribution in [2.75, 3.05) is 33.0 Å². The topological polar surface area (TPSA) is 67.8 Å². The fraction of sp³-hybridized carbons (Fsp3) is 0.929. The highest BCUT2D eigenvalue weighted by molar-refractivity contribution is 5.76. The third-order valence-electron chi connectivity index (χ3n) is 4.24. The van der Waals surface area contributed by atoms with E-state index in [1.54, 1.807) is 0 Å². The molecule has 2 aliphatic heterocycles. The molecule has 0 bridgehead atoms. The summed E-state index contributed by atoms with van der Waals surface area (Å²) in [4.78, 5) is 11.9. The molecule has 0 saturated carbocycles. The minimum absolute atomic E-state index is 0.0335. The molecule has 0 aromatic carbocycles. The normalized spacial score (nSPS) is 26.9. The molecule has 1 atom stereocenters. The molecule has 0 spiro atoms. The van der Waals surface area contributed by atoms with E-state index in [2.05, 4.69) is 5.32 Å². The first kappa shape index (κ1) is 14.8. The summed E-state index contributed by atoms with van der Waals surface area (Å²) in [6, 6.07) is 0. The molecule has 2 aliphatic rings. The summed E-state index contributed by atoms with van der Waals surface area (Å²) in [6.07, 6.45) is 5.37. The van der Waals surface area contributed by atoms with Crippen LogP contribution >= 0.6 is 0 Å². The van der Waals surface area contributed by atoms with Crippen LogP contribution in [0.4, 0.5) is 0 Å². The van der Waals surface area contributed by atoms with E-state index >= 15 is 0 Å². The zero-order chi connectivity index (χ0) is 13.6. The summed E-state index contributed by atoms with van der Waals surface area (Å²) in [5, 5.41) is 12.5. The van der Waals surface area contributed by atoms with Gasteiger partial charge in [0.1, 0.15) is 0 Å². The molecule has 19 heavy (non-hydrogen) atoms. The standard InChI is InChI=1S/C14H25NO4/c16-11-14(4-7-18-8-5-14)10-15-13(17)9-12-3-1-2-6-19-12/h12,16H,1-11H2,(H,15,17). The molecular formula is C14H25NO4. The third kappa shape index (κ3) is 4.44. The first-order valence-corrected chi connectivity index (χ1v) is 7.31. The molecule has 2 saturated heterocycles. The summed E-state index contributed by atoms with van der Waals surface area (Å²) in [6.45, 7) is 2.76. The molecule has 5 nitrogen and oxygen atoms in total. The maximum absolute atomic E-state index is 11.9. The summed E-state index contributed by atoms with van der Waals surface area (Å²) in [7, 11) is 0. The number of aliphatic hydroxyl groups excluding tert-OH is 1. The van der Waals surface area contributed by atoms with Crippen LogP contribution in [0.25, 0.3) is 0 Å². The lowest BCUT2D eigenvalue weighted by molar-refractivity contribution is -0.126. The van der Waals surface area contributed by atoms with Crippen molar-refractivity contribution in [3.8, 4) is 0 Å². The highest BCUT2D eigenvalue weighted by Crippen LogP contribution is 2.29. The number of ether oxygens (including phenoxy) is 2. The zero-order valence-electron chi connectivity index (χ0n) is 11.5. The first-order chi connectivity index (χ1) is 9.24. The average molecular weight is 271 g/mol. The van der Waals surface area contributed by atoms with E-state index in [0.717, 1.165) is 38.7 Å². The molecule has 2 rings (SSSR count). The van der Waals surface area contributed by atoms with E-state index in [1.807, 2.05) is 0 Å². The summed E-state index contributed by atoms with van der Waals surface area (Å²) < 4.78 is 10.9. The number of carbonyl (C=O) groups is 1. The van der Waals surface area contributed by atoms with Gasteiger partial charge in [-0.2, -0.15) is 0 Å². The number of hydrogen-bond donors (Lipinski definition) is 2. The van der Waals surface area contributed by atoms with E-state index < -0.39 is 0 Å². The van der Waals surface area contributed by atoms with E-state index in [-0.39, 0.29) is 24.0 Å². The SMILES string of the molecule is O=C(CC1CCCCO1)NCC1(CO)CCOCC1. The van der Waals surface area contributed by atoms with E-state index in [0.29, 0.717) is 26.2 Å². The van der Waals surface area contributed by atoms with Gasteiger partial charge in [0.2, 0.25) is 5.91 Å². The Morgan fingerprint density at radius 2 is 2.05 bits per heavy atom. The van der Waals surface area contributed by atoms with Crippen molar-refractivity contribution in [2.45, 2.75) is 44.6 Å². The second-order valence-corrected chi connectivity index (χ2v) is 5.74. The quantitative estimate of drug-likeness (QED) is 0.778. The minimum atomic E-state index is -0.193. The second kappa shape index (κ2) is 7.22. The van der Waals surface area contributed by atoms with Gasteiger partial charge in [0, 0.05) is 31.8 Å². The molecule has 0 aliphatic carbocycles. The number of hydrogen-bond acceptors (Lipinski definition) is 4. The van der Waals surface area contributed by atoms with Crippen molar-refractivity contribution in [2.24, 2.45) is 5.41 Å². The molecular weight excluding hydrogens is 246 g/mol. The van der Waals surface area contributed by atoms with Crippen molar-refractivity contribution in [1.29, 1.82) is 0 Å². The van der Waals surface area contributed by atoms with Crippen molar-refractivity contribution in [3.05, 3.63) is 0 Å². The lowest BCUT2D eigenvalue weighted by atomic mass is 9.81. The van der Waals surface area contributed by atoms with Crippen molar-refractivity contribution in [3.63, 3.8) is 0 Å². The van der Waals surface area contributed by atoms with Crippen LogP contribution in [0.5, 0.6) is 0 Å². The van der Waals surface area contributed by atoms with Gasteiger partial charge in [-0.1, -0.05) is 0 Å². The Hall–Kier alpha value is -0.650. The Labute approximate surface area is 114 Å².